The Labute approximate surface area is 113 Å². The van der Waals surface area contributed by atoms with Crippen LogP contribution in [0.2, 0.25) is 0 Å². The number of ether oxygens (including phenoxy) is 1. The Hall–Kier alpha value is -1.99. The molecule has 1 aromatic rings. The summed E-state index contributed by atoms with van der Waals surface area (Å²) in [6, 6.07) is 5.46. The molecular weight excluding hydrogens is 242 g/mol. The fraction of sp³-hybridized carbons (Fsp3) is 0.400. The lowest BCUT2D eigenvalue weighted by atomic mass is 10.1. The predicted octanol–water partition coefficient (Wildman–Crippen LogP) is 1.56. The van der Waals surface area contributed by atoms with Crippen LogP contribution in [0.5, 0.6) is 5.75 Å². The second-order valence-electron chi connectivity index (χ2n) is 4.35. The summed E-state index contributed by atoms with van der Waals surface area (Å²) in [6.07, 6.45) is 2.53. The topological polar surface area (TPSA) is 49.8 Å². The highest BCUT2D eigenvalue weighted by molar-refractivity contribution is 5.95. The molecule has 0 saturated carbocycles. The smallest absolute Gasteiger partial charge is 0.227 e. The van der Waals surface area contributed by atoms with Gasteiger partial charge in [-0.05, 0) is 31.0 Å². The van der Waals surface area contributed by atoms with Gasteiger partial charge in [-0.25, -0.2) is 0 Å². The van der Waals surface area contributed by atoms with Crippen molar-refractivity contribution in [1.82, 2.24) is 0 Å². The average Bonchev–Trinajstić information content (AvgIpc) is 2.45. The summed E-state index contributed by atoms with van der Waals surface area (Å²) in [5.41, 5.74) is 1.53. The standard InChI is InChI=1S/C15H17NO3/c1-19-14-8-7-12(5-4-10-17)11-13(14)16-9-3-2-6-15(16)18/h7-8,11,17H,2-3,6,9-10H2,1H3. The first-order valence-corrected chi connectivity index (χ1v) is 6.34. The second kappa shape index (κ2) is 6.26. The van der Waals surface area contributed by atoms with E-state index < -0.39 is 0 Å². The molecule has 0 radical (unpaired) electrons. The highest BCUT2D eigenvalue weighted by atomic mass is 16.5. The second-order valence-corrected chi connectivity index (χ2v) is 4.35. The first kappa shape index (κ1) is 13.4. The number of nitrogens with zero attached hydrogens (tertiary/aromatic N) is 1. The van der Waals surface area contributed by atoms with Crippen LogP contribution in [0.3, 0.4) is 0 Å². The zero-order chi connectivity index (χ0) is 13.7. The zero-order valence-electron chi connectivity index (χ0n) is 11.0. The van der Waals surface area contributed by atoms with Gasteiger partial charge in [0.1, 0.15) is 12.4 Å². The Kier molecular flexibility index (Phi) is 4.43. The van der Waals surface area contributed by atoms with Crippen molar-refractivity contribution >= 4 is 11.6 Å². The molecule has 0 aromatic heterocycles. The SMILES string of the molecule is COc1ccc(C#CCO)cc1N1CCCCC1=O. The fourth-order valence-corrected chi connectivity index (χ4v) is 2.18. The van der Waals surface area contributed by atoms with Crippen molar-refractivity contribution in [2.75, 3.05) is 25.2 Å². The number of benzene rings is 1. The molecule has 100 valence electrons. The van der Waals surface area contributed by atoms with E-state index in [9.17, 15) is 4.79 Å². The molecule has 0 bridgehead atoms. The quantitative estimate of drug-likeness (QED) is 0.820. The van der Waals surface area contributed by atoms with Crippen molar-refractivity contribution in [3.8, 4) is 17.6 Å². The Morgan fingerprint density at radius 2 is 2.26 bits per heavy atom. The highest BCUT2D eigenvalue weighted by Crippen LogP contribution is 2.31. The van der Waals surface area contributed by atoms with Crippen molar-refractivity contribution in [2.45, 2.75) is 19.3 Å². The van der Waals surface area contributed by atoms with Crippen LogP contribution in [0.25, 0.3) is 0 Å². The van der Waals surface area contributed by atoms with Crippen LogP contribution in [-0.4, -0.2) is 31.3 Å². The van der Waals surface area contributed by atoms with Crippen LogP contribution in [-0.2, 0) is 4.79 Å². The lowest BCUT2D eigenvalue weighted by molar-refractivity contribution is -0.119. The van der Waals surface area contributed by atoms with Crippen LogP contribution in [0.4, 0.5) is 5.69 Å². The lowest BCUT2D eigenvalue weighted by Crippen LogP contribution is -2.35. The number of carbonyl (C=O) groups excluding carboxylic acids is 1. The maximum absolute atomic E-state index is 12.0. The van der Waals surface area contributed by atoms with Gasteiger partial charge in [0.05, 0.1) is 12.8 Å². The molecule has 1 heterocycles. The first-order chi connectivity index (χ1) is 9.26. The number of piperidine rings is 1. The van der Waals surface area contributed by atoms with E-state index >= 15 is 0 Å². The molecule has 0 atom stereocenters. The van der Waals surface area contributed by atoms with Gasteiger partial charge in [0.15, 0.2) is 0 Å². The number of methoxy groups -OCH3 is 1. The molecule has 4 nitrogen and oxygen atoms in total. The number of aliphatic hydroxyl groups excluding tert-OH is 1. The van der Waals surface area contributed by atoms with Crippen LogP contribution in [0.15, 0.2) is 18.2 Å². The first-order valence-electron chi connectivity index (χ1n) is 6.34. The molecule has 19 heavy (non-hydrogen) atoms. The molecule has 1 aliphatic rings. The summed E-state index contributed by atoms with van der Waals surface area (Å²) in [5, 5.41) is 8.73. The minimum absolute atomic E-state index is 0.122. The van der Waals surface area contributed by atoms with Crippen LogP contribution >= 0.6 is 0 Å². The molecule has 1 aromatic carbocycles. The maximum Gasteiger partial charge on any atom is 0.227 e. The van der Waals surface area contributed by atoms with E-state index in [2.05, 4.69) is 11.8 Å². The minimum Gasteiger partial charge on any atom is -0.495 e. The number of carbonyl (C=O) groups is 1. The van der Waals surface area contributed by atoms with Crippen molar-refractivity contribution in [3.05, 3.63) is 23.8 Å². The Morgan fingerprint density at radius 1 is 1.42 bits per heavy atom. The highest BCUT2D eigenvalue weighted by Gasteiger charge is 2.22. The van der Waals surface area contributed by atoms with Gasteiger partial charge in [0.25, 0.3) is 0 Å². The van der Waals surface area contributed by atoms with E-state index in [1.165, 1.54) is 0 Å². The van der Waals surface area contributed by atoms with E-state index in [-0.39, 0.29) is 12.5 Å². The van der Waals surface area contributed by atoms with E-state index in [0.29, 0.717) is 18.7 Å². The van der Waals surface area contributed by atoms with E-state index in [1.54, 1.807) is 18.1 Å². The monoisotopic (exact) mass is 259 g/mol. The van der Waals surface area contributed by atoms with Crippen LogP contribution in [0, 0.1) is 11.8 Å². The molecule has 1 amide bonds. The third kappa shape index (κ3) is 3.07. The molecule has 1 N–H and O–H groups in total. The van der Waals surface area contributed by atoms with Gasteiger partial charge < -0.3 is 14.7 Å². The summed E-state index contributed by atoms with van der Waals surface area (Å²) in [4.78, 5) is 13.7. The zero-order valence-corrected chi connectivity index (χ0v) is 11.0. The van der Waals surface area contributed by atoms with E-state index in [1.807, 2.05) is 12.1 Å². The largest absolute Gasteiger partial charge is 0.495 e. The maximum atomic E-state index is 12.0. The van der Waals surface area contributed by atoms with Crippen molar-refractivity contribution in [1.29, 1.82) is 0 Å². The van der Waals surface area contributed by atoms with Gasteiger partial charge in [-0.2, -0.15) is 0 Å². The third-order valence-electron chi connectivity index (χ3n) is 3.10. The summed E-state index contributed by atoms with van der Waals surface area (Å²) in [6.45, 7) is 0.538. The molecule has 0 spiro atoms. The van der Waals surface area contributed by atoms with Gasteiger partial charge in [0.2, 0.25) is 5.91 Å². The number of amides is 1. The minimum atomic E-state index is -0.177. The summed E-state index contributed by atoms with van der Waals surface area (Å²) < 4.78 is 5.31. The number of hydrogen-bond donors (Lipinski definition) is 1. The van der Waals surface area contributed by atoms with Gasteiger partial charge in [-0.1, -0.05) is 11.8 Å². The summed E-state index contributed by atoms with van der Waals surface area (Å²) in [7, 11) is 1.59. The van der Waals surface area contributed by atoms with Crippen LogP contribution in [0.1, 0.15) is 24.8 Å². The molecular formula is C15H17NO3. The van der Waals surface area contributed by atoms with Gasteiger partial charge >= 0.3 is 0 Å². The third-order valence-corrected chi connectivity index (χ3v) is 3.10. The van der Waals surface area contributed by atoms with Gasteiger partial charge in [-0.15, -0.1) is 0 Å². The van der Waals surface area contributed by atoms with Crippen molar-refractivity contribution < 1.29 is 14.6 Å². The Balaban J connectivity index is 2.37. The molecule has 4 heteroatoms. The van der Waals surface area contributed by atoms with Gasteiger partial charge in [0, 0.05) is 18.5 Å². The van der Waals surface area contributed by atoms with E-state index in [0.717, 1.165) is 24.1 Å². The molecule has 0 aliphatic carbocycles. The molecule has 1 saturated heterocycles. The molecule has 0 unspecified atom stereocenters. The normalized spacial score (nSPS) is 14.8. The fourth-order valence-electron chi connectivity index (χ4n) is 2.18. The Morgan fingerprint density at radius 3 is 2.95 bits per heavy atom. The summed E-state index contributed by atoms with van der Waals surface area (Å²) >= 11 is 0. The number of hydrogen-bond acceptors (Lipinski definition) is 3. The van der Waals surface area contributed by atoms with Crippen LogP contribution < -0.4 is 9.64 Å². The molecule has 1 aliphatic heterocycles. The number of anilines is 1. The number of rotatable bonds is 2. The van der Waals surface area contributed by atoms with Gasteiger partial charge in [-0.3, -0.25) is 4.79 Å². The summed E-state index contributed by atoms with van der Waals surface area (Å²) in [5.74, 6) is 6.24. The average molecular weight is 259 g/mol. The van der Waals surface area contributed by atoms with E-state index in [4.69, 9.17) is 9.84 Å². The molecule has 1 fully saturated rings. The predicted molar refractivity (Wildman–Crippen MR) is 73.2 cm³/mol. The van der Waals surface area contributed by atoms with Crippen molar-refractivity contribution in [3.63, 3.8) is 0 Å². The molecule has 2 rings (SSSR count). The Bertz CT molecular complexity index is 528. The number of aliphatic hydroxyl groups is 1. The van der Waals surface area contributed by atoms with Crippen molar-refractivity contribution in [2.24, 2.45) is 0 Å². The lowest BCUT2D eigenvalue weighted by Gasteiger charge is -2.28.